The van der Waals surface area contributed by atoms with Gasteiger partial charge in [-0.15, -0.1) is 0 Å². The SMILES string of the molecule is COc1ccc(C(=O)COC(=O)C2(c3ccc(Cl)cc3)CC2)cc1F. The van der Waals surface area contributed by atoms with Crippen molar-refractivity contribution in [3.63, 3.8) is 0 Å². The number of esters is 1. The Morgan fingerprint density at radius 1 is 1.16 bits per heavy atom. The van der Waals surface area contributed by atoms with Gasteiger partial charge in [-0.05, 0) is 48.7 Å². The summed E-state index contributed by atoms with van der Waals surface area (Å²) in [6.45, 7) is -0.431. The van der Waals surface area contributed by atoms with Crippen LogP contribution < -0.4 is 4.74 Å². The normalized spacial score (nSPS) is 14.7. The molecule has 1 aliphatic carbocycles. The number of ether oxygens (including phenoxy) is 2. The summed E-state index contributed by atoms with van der Waals surface area (Å²) in [5.74, 6) is -1.51. The monoisotopic (exact) mass is 362 g/mol. The van der Waals surface area contributed by atoms with Crippen molar-refractivity contribution in [2.24, 2.45) is 0 Å². The smallest absolute Gasteiger partial charge is 0.317 e. The molecule has 0 amide bonds. The minimum absolute atomic E-state index is 0.0493. The van der Waals surface area contributed by atoms with Crippen LogP contribution >= 0.6 is 11.6 Å². The van der Waals surface area contributed by atoms with Crippen LogP contribution in [0.5, 0.6) is 5.75 Å². The topological polar surface area (TPSA) is 52.6 Å². The van der Waals surface area contributed by atoms with E-state index in [2.05, 4.69) is 0 Å². The Balaban J connectivity index is 1.65. The summed E-state index contributed by atoms with van der Waals surface area (Å²) in [4.78, 5) is 24.5. The molecule has 130 valence electrons. The lowest BCUT2D eigenvalue weighted by Crippen LogP contribution is -2.25. The van der Waals surface area contributed by atoms with Crippen molar-refractivity contribution < 1.29 is 23.5 Å². The van der Waals surface area contributed by atoms with E-state index in [0.717, 1.165) is 11.6 Å². The summed E-state index contributed by atoms with van der Waals surface area (Å²) in [7, 11) is 1.34. The number of carbonyl (C=O) groups is 2. The Labute approximate surface area is 149 Å². The number of ketones is 1. The highest BCUT2D eigenvalue weighted by molar-refractivity contribution is 6.30. The van der Waals surface area contributed by atoms with E-state index in [9.17, 15) is 14.0 Å². The molecule has 0 unspecified atom stereocenters. The summed E-state index contributed by atoms with van der Waals surface area (Å²) < 4.78 is 23.7. The molecule has 0 radical (unpaired) electrons. The number of halogens is 2. The first-order valence-corrected chi connectivity index (χ1v) is 8.14. The van der Waals surface area contributed by atoms with Crippen molar-refractivity contribution in [2.45, 2.75) is 18.3 Å². The van der Waals surface area contributed by atoms with Gasteiger partial charge in [0.1, 0.15) is 0 Å². The summed E-state index contributed by atoms with van der Waals surface area (Å²) in [6.07, 6.45) is 1.33. The van der Waals surface area contributed by atoms with Crippen LogP contribution in [-0.2, 0) is 14.9 Å². The zero-order chi connectivity index (χ0) is 18.0. The van der Waals surface area contributed by atoms with Gasteiger partial charge >= 0.3 is 5.97 Å². The van der Waals surface area contributed by atoms with Gasteiger partial charge in [-0.3, -0.25) is 9.59 Å². The van der Waals surface area contributed by atoms with Crippen molar-refractivity contribution in [1.29, 1.82) is 0 Å². The van der Waals surface area contributed by atoms with Gasteiger partial charge in [0.2, 0.25) is 0 Å². The molecule has 0 bridgehead atoms. The van der Waals surface area contributed by atoms with E-state index in [0.29, 0.717) is 17.9 Å². The molecule has 25 heavy (non-hydrogen) atoms. The lowest BCUT2D eigenvalue weighted by Gasteiger charge is -2.14. The molecule has 0 heterocycles. The maximum absolute atomic E-state index is 13.7. The zero-order valence-electron chi connectivity index (χ0n) is 13.6. The molecular formula is C19H16ClFO4. The van der Waals surface area contributed by atoms with E-state index in [4.69, 9.17) is 21.1 Å². The van der Waals surface area contributed by atoms with Crippen molar-refractivity contribution in [1.82, 2.24) is 0 Å². The summed E-state index contributed by atoms with van der Waals surface area (Å²) in [5, 5.41) is 0.588. The van der Waals surface area contributed by atoms with Crippen LogP contribution in [0.4, 0.5) is 4.39 Å². The van der Waals surface area contributed by atoms with E-state index in [1.165, 1.54) is 19.2 Å². The summed E-state index contributed by atoms with van der Waals surface area (Å²) >= 11 is 5.87. The average molecular weight is 363 g/mol. The van der Waals surface area contributed by atoms with Crippen LogP contribution in [0.1, 0.15) is 28.8 Å². The van der Waals surface area contributed by atoms with Crippen molar-refractivity contribution >= 4 is 23.4 Å². The third-order valence-electron chi connectivity index (χ3n) is 4.35. The molecule has 0 spiro atoms. The quantitative estimate of drug-likeness (QED) is 0.577. The fraction of sp³-hybridized carbons (Fsp3) is 0.263. The predicted molar refractivity (Wildman–Crippen MR) is 90.6 cm³/mol. The molecule has 0 saturated heterocycles. The summed E-state index contributed by atoms with van der Waals surface area (Å²) in [6, 6.07) is 10.9. The first-order valence-electron chi connectivity index (χ1n) is 7.76. The van der Waals surface area contributed by atoms with Gasteiger partial charge in [-0.25, -0.2) is 4.39 Å². The van der Waals surface area contributed by atoms with E-state index >= 15 is 0 Å². The van der Waals surface area contributed by atoms with Crippen LogP contribution in [0, 0.1) is 5.82 Å². The number of hydrogen-bond donors (Lipinski definition) is 0. The molecule has 0 aromatic heterocycles. The Bertz CT molecular complexity index is 813. The lowest BCUT2D eigenvalue weighted by atomic mass is 9.96. The molecule has 1 saturated carbocycles. The molecule has 2 aromatic rings. The van der Waals surface area contributed by atoms with Crippen molar-refractivity contribution in [2.75, 3.05) is 13.7 Å². The number of benzene rings is 2. The molecule has 4 nitrogen and oxygen atoms in total. The fourth-order valence-corrected chi connectivity index (χ4v) is 2.82. The number of Topliss-reactive ketones (excluding diaryl/α,β-unsaturated/α-hetero) is 1. The Hall–Kier alpha value is -2.40. The van der Waals surface area contributed by atoms with Crippen LogP contribution in [0.2, 0.25) is 5.02 Å². The molecule has 0 N–H and O–H groups in total. The van der Waals surface area contributed by atoms with Gasteiger partial charge in [-0.1, -0.05) is 23.7 Å². The third kappa shape index (κ3) is 3.51. The Morgan fingerprint density at radius 2 is 1.84 bits per heavy atom. The lowest BCUT2D eigenvalue weighted by molar-refractivity contribution is -0.145. The van der Waals surface area contributed by atoms with Crippen molar-refractivity contribution in [3.05, 3.63) is 64.4 Å². The Kier molecular flexibility index (Phi) is 4.77. The highest BCUT2D eigenvalue weighted by Crippen LogP contribution is 2.49. The van der Waals surface area contributed by atoms with Crippen LogP contribution in [-0.4, -0.2) is 25.5 Å². The van der Waals surface area contributed by atoms with Gasteiger partial charge in [-0.2, -0.15) is 0 Å². The van der Waals surface area contributed by atoms with Gasteiger partial charge in [0.05, 0.1) is 12.5 Å². The highest BCUT2D eigenvalue weighted by Gasteiger charge is 2.52. The first kappa shape index (κ1) is 17.4. The number of hydrogen-bond acceptors (Lipinski definition) is 4. The van der Waals surface area contributed by atoms with E-state index in [1.807, 2.05) is 0 Å². The van der Waals surface area contributed by atoms with Gasteiger partial charge in [0, 0.05) is 10.6 Å². The van der Waals surface area contributed by atoms with E-state index in [-0.39, 0.29) is 11.3 Å². The van der Waals surface area contributed by atoms with Crippen LogP contribution in [0.25, 0.3) is 0 Å². The molecule has 0 aliphatic heterocycles. The van der Waals surface area contributed by atoms with Gasteiger partial charge in [0.25, 0.3) is 0 Å². The molecule has 1 fully saturated rings. The largest absolute Gasteiger partial charge is 0.494 e. The minimum Gasteiger partial charge on any atom is -0.494 e. The molecule has 0 atom stereocenters. The van der Waals surface area contributed by atoms with E-state index in [1.54, 1.807) is 24.3 Å². The second-order valence-electron chi connectivity index (χ2n) is 5.94. The predicted octanol–water partition coefficient (Wildman–Crippen LogP) is 3.95. The highest BCUT2D eigenvalue weighted by atomic mass is 35.5. The minimum atomic E-state index is -0.698. The fourth-order valence-electron chi connectivity index (χ4n) is 2.70. The number of rotatable bonds is 6. The zero-order valence-corrected chi connectivity index (χ0v) is 14.3. The van der Waals surface area contributed by atoms with Gasteiger partial charge < -0.3 is 9.47 Å². The third-order valence-corrected chi connectivity index (χ3v) is 4.60. The molecule has 2 aromatic carbocycles. The van der Waals surface area contributed by atoms with Crippen LogP contribution in [0.15, 0.2) is 42.5 Å². The van der Waals surface area contributed by atoms with E-state index < -0.39 is 29.6 Å². The molecule has 3 rings (SSSR count). The maximum atomic E-state index is 13.7. The number of methoxy groups -OCH3 is 1. The van der Waals surface area contributed by atoms with Gasteiger partial charge in [0.15, 0.2) is 24.0 Å². The molecule has 6 heteroatoms. The summed E-state index contributed by atoms with van der Waals surface area (Å²) in [5.41, 5.74) is 0.253. The van der Waals surface area contributed by atoms with Crippen molar-refractivity contribution in [3.8, 4) is 5.75 Å². The first-order chi connectivity index (χ1) is 12.0. The Morgan fingerprint density at radius 3 is 2.40 bits per heavy atom. The molecule has 1 aliphatic rings. The second kappa shape index (κ2) is 6.84. The number of carbonyl (C=O) groups excluding carboxylic acids is 2. The second-order valence-corrected chi connectivity index (χ2v) is 6.37. The maximum Gasteiger partial charge on any atom is 0.317 e. The van der Waals surface area contributed by atoms with Crippen LogP contribution in [0.3, 0.4) is 0 Å². The molecular weight excluding hydrogens is 347 g/mol. The standard InChI is InChI=1S/C19H16ClFO4/c1-24-17-7-2-12(10-15(17)21)16(22)11-25-18(23)19(8-9-19)13-3-5-14(20)6-4-13/h2-7,10H,8-9,11H2,1H3. The average Bonchev–Trinajstić information content (AvgIpc) is 3.41.